The summed E-state index contributed by atoms with van der Waals surface area (Å²) >= 11 is 0. The molecule has 0 heterocycles. The van der Waals surface area contributed by atoms with E-state index < -0.39 is 0 Å². The van der Waals surface area contributed by atoms with Gasteiger partial charge in [-0.2, -0.15) is 0 Å². The van der Waals surface area contributed by atoms with Gasteiger partial charge >= 0.3 is 0 Å². The number of carbonyl (C=O) groups is 1. The number of allylic oxidation sites excluding steroid dienone is 2. The molecule has 1 saturated carbocycles. The normalized spacial score (nSPS) is 39.5. The number of hydrogen-bond acceptors (Lipinski definition) is 1. The summed E-state index contributed by atoms with van der Waals surface area (Å²) in [6.07, 6.45) is 3.20. The van der Waals surface area contributed by atoms with Crippen molar-refractivity contribution in [2.45, 2.75) is 27.2 Å². The van der Waals surface area contributed by atoms with Gasteiger partial charge < -0.3 is 0 Å². The maximum atomic E-state index is 11.4. The average molecular weight is 150 g/mol. The van der Waals surface area contributed by atoms with E-state index >= 15 is 0 Å². The smallest absolute Gasteiger partial charge is 0.144 e. The first kappa shape index (κ1) is 7.08. The van der Waals surface area contributed by atoms with Crippen molar-refractivity contribution in [3.05, 3.63) is 11.6 Å². The highest BCUT2D eigenvalue weighted by Gasteiger charge is 2.57. The standard InChI is InChI=1S/C10H14O/c1-6-4-5-7-9(11)8(6)10(7,2)3/h4,7-8H,5H2,1-3H3/t7-,8+/m0/s1. The van der Waals surface area contributed by atoms with E-state index in [-0.39, 0.29) is 11.3 Å². The molecular formula is C10H14O. The van der Waals surface area contributed by atoms with Crippen molar-refractivity contribution in [1.82, 2.24) is 0 Å². The molecule has 0 saturated heterocycles. The lowest BCUT2D eigenvalue weighted by atomic mass is 9.48. The molecule has 0 aromatic heterocycles. The largest absolute Gasteiger partial charge is 0.299 e. The minimum absolute atomic E-state index is 0.251. The lowest BCUT2D eigenvalue weighted by Gasteiger charge is -2.53. The van der Waals surface area contributed by atoms with Crippen LogP contribution in [-0.2, 0) is 4.79 Å². The molecule has 2 bridgehead atoms. The summed E-state index contributed by atoms with van der Waals surface area (Å²) in [7, 11) is 0. The zero-order valence-electron chi connectivity index (χ0n) is 7.35. The zero-order chi connectivity index (χ0) is 8.22. The van der Waals surface area contributed by atoms with E-state index in [0.29, 0.717) is 11.7 Å². The second kappa shape index (κ2) is 1.77. The van der Waals surface area contributed by atoms with Crippen LogP contribution >= 0.6 is 0 Å². The van der Waals surface area contributed by atoms with Crippen molar-refractivity contribution in [2.24, 2.45) is 17.3 Å². The van der Waals surface area contributed by atoms with Crippen molar-refractivity contribution >= 4 is 5.78 Å². The molecule has 0 aromatic carbocycles. The van der Waals surface area contributed by atoms with E-state index in [1.54, 1.807) is 0 Å². The van der Waals surface area contributed by atoms with E-state index in [1.807, 2.05) is 0 Å². The Labute approximate surface area is 67.5 Å². The van der Waals surface area contributed by atoms with Crippen LogP contribution in [0.4, 0.5) is 0 Å². The highest BCUT2D eigenvalue weighted by molar-refractivity contribution is 5.95. The summed E-state index contributed by atoms with van der Waals surface area (Å²) in [4.78, 5) is 11.4. The van der Waals surface area contributed by atoms with E-state index in [4.69, 9.17) is 0 Å². The van der Waals surface area contributed by atoms with Crippen molar-refractivity contribution in [2.75, 3.05) is 0 Å². The van der Waals surface area contributed by atoms with Crippen molar-refractivity contribution in [1.29, 1.82) is 0 Å². The van der Waals surface area contributed by atoms with E-state index in [0.717, 1.165) is 6.42 Å². The van der Waals surface area contributed by atoms with Crippen LogP contribution < -0.4 is 0 Å². The average Bonchev–Trinajstić information content (AvgIpc) is 1.85. The SMILES string of the molecule is CC1=CC[C@H]2C(=O)[C@@H]1C2(C)C. The number of hydrogen-bond donors (Lipinski definition) is 0. The van der Waals surface area contributed by atoms with Gasteiger partial charge in [0.1, 0.15) is 5.78 Å². The first-order valence-electron chi connectivity index (χ1n) is 4.25. The Balaban J connectivity index is 2.41. The van der Waals surface area contributed by atoms with Gasteiger partial charge in [-0.1, -0.05) is 25.5 Å². The number of ketones is 1. The molecule has 0 N–H and O–H groups in total. The van der Waals surface area contributed by atoms with Crippen LogP contribution in [0.5, 0.6) is 0 Å². The molecule has 11 heavy (non-hydrogen) atoms. The number of Topliss-reactive ketones (excluding diaryl/α,β-unsaturated/α-hetero) is 1. The van der Waals surface area contributed by atoms with Gasteiger partial charge in [-0.15, -0.1) is 0 Å². The van der Waals surface area contributed by atoms with Gasteiger partial charge in [0.15, 0.2) is 0 Å². The summed E-state index contributed by atoms with van der Waals surface area (Å²) in [5.74, 6) is 1.06. The lowest BCUT2D eigenvalue weighted by Crippen LogP contribution is -2.56. The van der Waals surface area contributed by atoms with Crippen LogP contribution in [0.1, 0.15) is 27.2 Å². The molecule has 0 aliphatic heterocycles. The first-order chi connectivity index (χ1) is 5.05. The summed E-state index contributed by atoms with van der Waals surface area (Å²) in [6, 6.07) is 0. The van der Waals surface area contributed by atoms with E-state index in [1.165, 1.54) is 5.57 Å². The minimum Gasteiger partial charge on any atom is -0.299 e. The van der Waals surface area contributed by atoms with Crippen LogP contribution in [0, 0.1) is 17.3 Å². The van der Waals surface area contributed by atoms with Gasteiger partial charge in [-0.3, -0.25) is 4.79 Å². The molecule has 0 aromatic rings. The zero-order valence-corrected chi connectivity index (χ0v) is 7.35. The Morgan fingerprint density at radius 1 is 1.55 bits per heavy atom. The van der Waals surface area contributed by atoms with E-state index in [2.05, 4.69) is 26.8 Å². The second-order valence-electron chi connectivity index (χ2n) is 4.39. The monoisotopic (exact) mass is 150 g/mol. The highest BCUT2D eigenvalue weighted by atomic mass is 16.1. The molecule has 1 heteroatoms. The van der Waals surface area contributed by atoms with Crippen molar-refractivity contribution < 1.29 is 4.79 Å². The Morgan fingerprint density at radius 3 is 2.45 bits per heavy atom. The Kier molecular flexibility index (Phi) is 1.14. The molecule has 0 unspecified atom stereocenters. The quantitative estimate of drug-likeness (QED) is 0.484. The van der Waals surface area contributed by atoms with Crippen LogP contribution in [0.2, 0.25) is 0 Å². The molecule has 0 radical (unpaired) electrons. The Bertz CT molecular complexity index is 248. The van der Waals surface area contributed by atoms with Gasteiger partial charge in [-0.05, 0) is 18.8 Å². The van der Waals surface area contributed by atoms with Gasteiger partial charge in [0.2, 0.25) is 0 Å². The van der Waals surface area contributed by atoms with Gasteiger partial charge in [0, 0.05) is 11.8 Å². The topological polar surface area (TPSA) is 17.1 Å². The summed E-state index contributed by atoms with van der Waals surface area (Å²) in [5, 5.41) is 0. The molecule has 3 aliphatic rings. The Morgan fingerprint density at radius 2 is 2.18 bits per heavy atom. The molecule has 0 amide bonds. The maximum Gasteiger partial charge on any atom is 0.144 e. The van der Waals surface area contributed by atoms with Crippen LogP contribution in [0.25, 0.3) is 0 Å². The third-order valence-corrected chi connectivity index (χ3v) is 3.40. The van der Waals surface area contributed by atoms with Crippen LogP contribution in [0.15, 0.2) is 11.6 Å². The summed E-state index contributed by atoms with van der Waals surface area (Å²) in [6.45, 7) is 6.50. The van der Waals surface area contributed by atoms with Crippen molar-refractivity contribution in [3.63, 3.8) is 0 Å². The number of carbonyl (C=O) groups excluding carboxylic acids is 1. The minimum atomic E-state index is 0.251. The van der Waals surface area contributed by atoms with Gasteiger partial charge in [0.25, 0.3) is 0 Å². The predicted octanol–water partition coefficient (Wildman–Crippen LogP) is 2.18. The fourth-order valence-electron chi connectivity index (χ4n) is 2.69. The molecule has 60 valence electrons. The molecule has 1 fully saturated rings. The van der Waals surface area contributed by atoms with Crippen LogP contribution in [0.3, 0.4) is 0 Å². The molecule has 3 aliphatic carbocycles. The Hall–Kier alpha value is -0.590. The third-order valence-electron chi connectivity index (χ3n) is 3.40. The van der Waals surface area contributed by atoms with Crippen molar-refractivity contribution in [3.8, 4) is 0 Å². The van der Waals surface area contributed by atoms with Gasteiger partial charge in [0.05, 0.1) is 0 Å². The molecule has 3 rings (SSSR count). The second-order valence-corrected chi connectivity index (χ2v) is 4.39. The van der Waals surface area contributed by atoms with Gasteiger partial charge in [-0.25, -0.2) is 0 Å². The summed E-state index contributed by atoms with van der Waals surface area (Å²) in [5.41, 5.74) is 1.55. The maximum absolute atomic E-state index is 11.4. The summed E-state index contributed by atoms with van der Waals surface area (Å²) < 4.78 is 0. The third kappa shape index (κ3) is 0.640. The molecule has 1 nitrogen and oxygen atoms in total. The first-order valence-corrected chi connectivity index (χ1v) is 4.25. The molecule has 2 atom stereocenters. The van der Waals surface area contributed by atoms with Crippen LogP contribution in [-0.4, -0.2) is 5.78 Å². The highest BCUT2D eigenvalue weighted by Crippen LogP contribution is 2.56. The predicted molar refractivity (Wildman–Crippen MR) is 44.1 cm³/mol. The molecular weight excluding hydrogens is 136 g/mol. The van der Waals surface area contributed by atoms with E-state index in [9.17, 15) is 4.79 Å². The fourth-order valence-corrected chi connectivity index (χ4v) is 2.69. The lowest BCUT2D eigenvalue weighted by molar-refractivity contribution is -0.150. The molecule has 0 spiro atoms. The number of fused-ring (bicyclic) bond motifs is 1. The number of rotatable bonds is 0. The fraction of sp³-hybridized carbons (Fsp3) is 0.700.